The molecule has 0 spiro atoms. The van der Waals surface area contributed by atoms with Crippen molar-refractivity contribution in [1.82, 2.24) is 0 Å². The normalized spacial score (nSPS) is 23.0. The third-order valence-corrected chi connectivity index (χ3v) is 8.76. The maximum Gasteiger partial charge on any atom is 0.302 e. The Bertz CT molecular complexity index is 1090. The summed E-state index contributed by atoms with van der Waals surface area (Å²) in [6, 6.07) is 10.2. The average molecular weight is 650 g/mol. The molecule has 0 saturated carbocycles. The third-order valence-electron chi connectivity index (χ3n) is 7.27. The molecule has 1 aromatic rings. The van der Waals surface area contributed by atoms with E-state index in [4.69, 9.17) is 37.7 Å². The monoisotopic (exact) mass is 649 g/mol. The molecule has 1 aliphatic carbocycles. The molecule has 1 aliphatic heterocycles. The molecule has 0 amide bonds. The molecule has 6 atom stereocenters. The van der Waals surface area contributed by atoms with Gasteiger partial charge in [0.2, 0.25) is 6.10 Å². The van der Waals surface area contributed by atoms with Crippen LogP contribution in [0.2, 0.25) is 0 Å². The molecule has 0 radical (unpaired) electrons. The first-order valence-corrected chi connectivity index (χ1v) is 17.5. The third kappa shape index (κ3) is 12.8. The van der Waals surface area contributed by atoms with Gasteiger partial charge < -0.3 is 37.7 Å². The lowest BCUT2D eigenvalue weighted by Crippen LogP contribution is -2.43. The van der Waals surface area contributed by atoms with Crippen LogP contribution in [-0.4, -0.2) is 87.7 Å². The molecule has 10 nitrogen and oxygen atoms in total. The quantitative estimate of drug-likeness (QED) is 0.0578. The van der Waals surface area contributed by atoms with E-state index >= 15 is 0 Å². The zero-order chi connectivity index (χ0) is 32.8. The fraction of sp³-hybridized carbons (Fsp3) is 0.618. The highest BCUT2D eigenvalue weighted by Gasteiger charge is 2.51. The number of ether oxygens (including phenoxy) is 7. The van der Waals surface area contributed by atoms with Crippen LogP contribution in [0.3, 0.4) is 0 Å². The number of allylic oxidation sites excluding steroid dienone is 2. The van der Waals surface area contributed by atoms with Crippen LogP contribution in [0.15, 0.2) is 54.1 Å². The molecule has 1 heterocycles. The van der Waals surface area contributed by atoms with Gasteiger partial charge in [0.25, 0.3) is 6.48 Å². The number of rotatable bonds is 19. The van der Waals surface area contributed by atoms with Crippen molar-refractivity contribution in [3.05, 3.63) is 66.6 Å². The second-order valence-corrected chi connectivity index (χ2v) is 13.7. The summed E-state index contributed by atoms with van der Waals surface area (Å²) in [7, 11) is -0.777. The smallest absolute Gasteiger partial charge is 0.302 e. The van der Waals surface area contributed by atoms with Crippen LogP contribution in [-0.2, 0) is 47.3 Å². The number of hydrogen-bond acceptors (Lipinski definition) is 10. The second-order valence-electron chi connectivity index (χ2n) is 11.6. The Kier molecular flexibility index (Phi) is 15.5. The molecule has 0 bridgehead atoms. The summed E-state index contributed by atoms with van der Waals surface area (Å²) in [5.41, 5.74) is 1.61. The van der Waals surface area contributed by atoms with E-state index in [0.29, 0.717) is 6.42 Å². The molecule has 1 aromatic carbocycles. The maximum absolute atomic E-state index is 11.2. The van der Waals surface area contributed by atoms with Gasteiger partial charge in [-0.05, 0) is 50.7 Å². The largest absolute Gasteiger partial charge is 0.463 e. The zero-order valence-electron chi connectivity index (χ0n) is 27.5. The first-order valence-electron chi connectivity index (χ1n) is 15.6. The summed E-state index contributed by atoms with van der Waals surface area (Å²) in [6.07, 6.45) is 7.62. The van der Waals surface area contributed by atoms with E-state index in [1.54, 1.807) is 0 Å². The van der Waals surface area contributed by atoms with Gasteiger partial charge in [0.1, 0.15) is 25.4 Å². The van der Waals surface area contributed by atoms with E-state index in [0.717, 1.165) is 30.1 Å². The van der Waals surface area contributed by atoms with Gasteiger partial charge in [-0.15, -0.1) is 0 Å². The van der Waals surface area contributed by atoms with Crippen LogP contribution in [0.5, 0.6) is 0 Å². The van der Waals surface area contributed by atoms with Crippen LogP contribution in [0, 0.1) is 6.92 Å². The highest BCUT2D eigenvalue weighted by molar-refractivity contribution is 7.51. The molecule has 0 N–H and O–H groups in total. The number of esters is 2. The van der Waals surface area contributed by atoms with Crippen molar-refractivity contribution in [2.45, 2.75) is 96.5 Å². The van der Waals surface area contributed by atoms with Crippen molar-refractivity contribution in [3.63, 3.8) is 0 Å². The van der Waals surface area contributed by atoms with Crippen molar-refractivity contribution < 1.29 is 47.3 Å². The van der Waals surface area contributed by atoms with Gasteiger partial charge in [-0.2, -0.15) is 0 Å². The zero-order valence-corrected chi connectivity index (χ0v) is 28.4. The van der Waals surface area contributed by atoms with E-state index < -0.39 is 50.5 Å². The SMILES string of the molecule is [CH2+]C1OC(CC(C)(C)OC(C2=CCCC=C2)c2ccccc2)C(OP(C)CC)C1OC(OCCOC(C)=O)OCCOC(C)=O. The predicted octanol–water partition coefficient (Wildman–Crippen LogP) is 6.05. The number of benzene rings is 1. The Morgan fingerprint density at radius 3 is 2.20 bits per heavy atom. The van der Waals surface area contributed by atoms with Gasteiger partial charge in [-0.1, -0.05) is 55.5 Å². The van der Waals surface area contributed by atoms with E-state index in [-0.39, 0.29) is 38.6 Å². The molecule has 1 fully saturated rings. The minimum absolute atomic E-state index is 0.0237. The van der Waals surface area contributed by atoms with Crippen LogP contribution in [0.25, 0.3) is 0 Å². The summed E-state index contributed by atoms with van der Waals surface area (Å²) in [6.45, 7) is 14.1. The number of hydrogen-bond donors (Lipinski definition) is 0. The Labute approximate surface area is 269 Å². The van der Waals surface area contributed by atoms with E-state index in [1.807, 2.05) is 18.2 Å². The lowest BCUT2D eigenvalue weighted by atomic mass is 9.93. The Balaban J connectivity index is 1.76. The summed E-state index contributed by atoms with van der Waals surface area (Å²) in [5, 5.41) is 0. The molecule has 2 aliphatic rings. The summed E-state index contributed by atoms with van der Waals surface area (Å²) >= 11 is 0. The Morgan fingerprint density at radius 1 is 1.00 bits per heavy atom. The van der Waals surface area contributed by atoms with Gasteiger partial charge in [0, 0.05) is 28.4 Å². The van der Waals surface area contributed by atoms with Crippen LogP contribution >= 0.6 is 8.15 Å². The van der Waals surface area contributed by atoms with E-state index in [2.05, 4.69) is 64.7 Å². The molecule has 6 unspecified atom stereocenters. The summed E-state index contributed by atoms with van der Waals surface area (Å²) < 4.78 is 47.6. The Hall–Kier alpha value is -2.30. The van der Waals surface area contributed by atoms with Crippen molar-refractivity contribution in [2.24, 2.45) is 0 Å². The van der Waals surface area contributed by atoms with Gasteiger partial charge in [0.05, 0.1) is 31.8 Å². The highest BCUT2D eigenvalue weighted by atomic mass is 31.1. The molecule has 1 saturated heterocycles. The lowest BCUT2D eigenvalue weighted by Gasteiger charge is -2.36. The van der Waals surface area contributed by atoms with Crippen molar-refractivity contribution in [3.8, 4) is 0 Å². The van der Waals surface area contributed by atoms with Crippen molar-refractivity contribution in [1.29, 1.82) is 0 Å². The lowest BCUT2D eigenvalue weighted by molar-refractivity contribution is -0.315. The molecular formula is C34H50O10P+. The van der Waals surface area contributed by atoms with Crippen LogP contribution in [0.1, 0.15) is 65.5 Å². The minimum atomic E-state index is -1.17. The van der Waals surface area contributed by atoms with Gasteiger partial charge in [-0.3, -0.25) is 9.59 Å². The van der Waals surface area contributed by atoms with Gasteiger partial charge >= 0.3 is 11.9 Å². The van der Waals surface area contributed by atoms with Gasteiger partial charge in [-0.25, -0.2) is 0 Å². The standard InChI is InChI=1S/C34H50O10P/c1-8-45(7)44-32-29(23-34(5,6)43-31(27-15-11-9-12-16-27)28-17-13-10-14-18-28)41-24(2)30(32)42-33(39-21-19-37-25(3)35)40-22-20-38-26(4)36/h9,11-13,15-18,24,29-33H,2,8,10,14,19-23H2,1,3-7H3/q+1. The van der Waals surface area contributed by atoms with Crippen molar-refractivity contribution in [2.75, 3.05) is 39.3 Å². The first-order chi connectivity index (χ1) is 21.5. The highest BCUT2D eigenvalue weighted by Crippen LogP contribution is 2.43. The van der Waals surface area contributed by atoms with Crippen molar-refractivity contribution >= 4 is 20.1 Å². The minimum Gasteiger partial charge on any atom is -0.463 e. The topological polar surface area (TPSA) is 108 Å². The number of carbonyl (C=O) groups is 2. The second kappa shape index (κ2) is 18.7. The molecule has 45 heavy (non-hydrogen) atoms. The van der Waals surface area contributed by atoms with E-state index in [9.17, 15) is 9.59 Å². The van der Waals surface area contributed by atoms with Crippen LogP contribution in [0.4, 0.5) is 0 Å². The average Bonchev–Trinajstić information content (AvgIpc) is 3.28. The summed E-state index contributed by atoms with van der Waals surface area (Å²) in [4.78, 5) is 22.4. The molecule has 11 heteroatoms. The predicted molar refractivity (Wildman–Crippen MR) is 172 cm³/mol. The fourth-order valence-corrected chi connectivity index (χ4v) is 5.91. The first kappa shape index (κ1) is 37.2. The van der Waals surface area contributed by atoms with E-state index in [1.165, 1.54) is 13.8 Å². The molecule has 250 valence electrons. The maximum atomic E-state index is 11.2. The molecular weight excluding hydrogens is 599 g/mol. The molecule has 0 aromatic heterocycles. The fourth-order valence-electron chi connectivity index (χ4n) is 5.09. The van der Waals surface area contributed by atoms with Crippen LogP contribution < -0.4 is 0 Å². The number of carbonyl (C=O) groups excluding carboxylic acids is 2. The Morgan fingerprint density at radius 2 is 1.64 bits per heavy atom. The van der Waals surface area contributed by atoms with Gasteiger partial charge in [0.15, 0.2) is 6.10 Å². The molecule has 3 rings (SSSR count). The summed E-state index contributed by atoms with van der Waals surface area (Å²) in [5.74, 6) is -0.840.